The van der Waals surface area contributed by atoms with Crippen molar-refractivity contribution >= 4 is 29.8 Å². The van der Waals surface area contributed by atoms with Crippen molar-refractivity contribution in [3.8, 4) is 11.1 Å². The van der Waals surface area contributed by atoms with Gasteiger partial charge in [-0.05, 0) is 28.7 Å². The smallest absolute Gasteiger partial charge is 0.407 e. The van der Waals surface area contributed by atoms with Crippen molar-refractivity contribution in [1.29, 1.82) is 0 Å². The minimum atomic E-state index is -1.50. The molecule has 2 aliphatic rings. The summed E-state index contributed by atoms with van der Waals surface area (Å²) >= 11 is 0. The van der Waals surface area contributed by atoms with Crippen molar-refractivity contribution in [2.75, 3.05) is 13.2 Å². The summed E-state index contributed by atoms with van der Waals surface area (Å²) in [4.78, 5) is 62.0. The molecule has 1 aliphatic heterocycles. The number of nitrogens with one attached hydrogen (secondary N) is 2. The van der Waals surface area contributed by atoms with E-state index in [1.165, 1.54) is 0 Å². The Hall–Kier alpha value is -4.21. The average Bonchev–Trinajstić information content (AvgIpc) is 3.15. The Labute approximate surface area is 201 Å². The molecule has 1 saturated heterocycles. The molecule has 0 saturated carbocycles. The van der Waals surface area contributed by atoms with Crippen molar-refractivity contribution in [2.24, 2.45) is 0 Å². The molecule has 4 amide bonds. The van der Waals surface area contributed by atoms with E-state index in [9.17, 15) is 29.1 Å². The number of piperazine rings is 1. The van der Waals surface area contributed by atoms with Gasteiger partial charge in [-0.3, -0.25) is 24.5 Å². The van der Waals surface area contributed by atoms with Gasteiger partial charge in [0.2, 0.25) is 17.7 Å². The third-order valence-electron chi connectivity index (χ3n) is 6.24. The lowest BCUT2D eigenvalue weighted by atomic mass is 9.98. The number of carbonyl (C=O) groups is 5. The minimum absolute atomic E-state index is 0.0178. The molecule has 1 aliphatic carbocycles. The van der Waals surface area contributed by atoms with Crippen LogP contribution < -0.4 is 10.6 Å². The van der Waals surface area contributed by atoms with Crippen LogP contribution in [0.3, 0.4) is 0 Å². The van der Waals surface area contributed by atoms with Gasteiger partial charge in [0.05, 0.1) is 6.42 Å². The summed E-state index contributed by atoms with van der Waals surface area (Å²) in [5.74, 6) is -3.70. The second kappa shape index (κ2) is 9.96. The Morgan fingerprint density at radius 3 is 2.26 bits per heavy atom. The molecule has 2 aromatic carbocycles. The van der Waals surface area contributed by atoms with Crippen molar-refractivity contribution in [3.05, 3.63) is 59.7 Å². The normalized spacial score (nSPS) is 17.7. The van der Waals surface area contributed by atoms with E-state index in [0.717, 1.165) is 27.2 Å². The van der Waals surface area contributed by atoms with Crippen LogP contribution in [0.2, 0.25) is 0 Å². The lowest BCUT2D eigenvalue weighted by Crippen LogP contribution is -2.63. The monoisotopic (exact) mass is 479 g/mol. The van der Waals surface area contributed by atoms with Crippen LogP contribution in [0.5, 0.6) is 0 Å². The summed E-state index contributed by atoms with van der Waals surface area (Å²) in [5.41, 5.74) is 4.11. The van der Waals surface area contributed by atoms with Gasteiger partial charge in [0.15, 0.2) is 0 Å². The molecule has 1 heterocycles. The fourth-order valence-corrected chi connectivity index (χ4v) is 4.66. The number of hydrogen-bond donors (Lipinski definition) is 3. The first kappa shape index (κ1) is 23.9. The van der Waals surface area contributed by atoms with Crippen molar-refractivity contribution in [2.45, 2.75) is 37.8 Å². The highest BCUT2D eigenvalue weighted by molar-refractivity contribution is 6.05. The molecule has 0 bridgehead atoms. The molecule has 0 radical (unpaired) electrons. The molecule has 0 aromatic heterocycles. The summed E-state index contributed by atoms with van der Waals surface area (Å²) in [7, 11) is 0. The van der Waals surface area contributed by atoms with Crippen LogP contribution in [-0.4, -0.2) is 65.0 Å². The van der Waals surface area contributed by atoms with E-state index in [-0.39, 0.29) is 18.9 Å². The van der Waals surface area contributed by atoms with E-state index in [1.54, 1.807) is 6.92 Å². The topological polar surface area (TPSA) is 142 Å². The van der Waals surface area contributed by atoms with Gasteiger partial charge in [-0.15, -0.1) is 0 Å². The summed E-state index contributed by atoms with van der Waals surface area (Å²) in [5, 5.41) is 13.8. The predicted octanol–water partition coefficient (Wildman–Crippen LogP) is 1.63. The molecular formula is C25H25N3O7. The maximum Gasteiger partial charge on any atom is 0.407 e. The van der Waals surface area contributed by atoms with Gasteiger partial charge < -0.3 is 20.1 Å². The van der Waals surface area contributed by atoms with Gasteiger partial charge in [-0.2, -0.15) is 0 Å². The Morgan fingerprint density at radius 1 is 1.09 bits per heavy atom. The molecule has 182 valence electrons. The number of carbonyl (C=O) groups excluding carboxylic acids is 4. The molecular weight excluding hydrogens is 454 g/mol. The average molecular weight is 479 g/mol. The van der Waals surface area contributed by atoms with Crippen molar-refractivity contribution in [1.82, 2.24) is 15.5 Å². The van der Waals surface area contributed by atoms with E-state index in [4.69, 9.17) is 4.74 Å². The van der Waals surface area contributed by atoms with Crippen LogP contribution in [0, 0.1) is 0 Å². The van der Waals surface area contributed by atoms with Gasteiger partial charge in [-0.1, -0.05) is 55.5 Å². The molecule has 4 rings (SSSR count). The molecule has 2 aromatic rings. The zero-order valence-electron chi connectivity index (χ0n) is 19.0. The van der Waals surface area contributed by atoms with Crippen molar-refractivity contribution in [3.63, 3.8) is 0 Å². The summed E-state index contributed by atoms with van der Waals surface area (Å²) in [6.45, 7) is 1.23. The highest BCUT2D eigenvalue weighted by Gasteiger charge is 2.39. The zero-order chi connectivity index (χ0) is 25.1. The van der Waals surface area contributed by atoms with Crippen LogP contribution in [0.25, 0.3) is 11.1 Å². The Morgan fingerprint density at radius 2 is 1.69 bits per heavy atom. The Balaban J connectivity index is 1.47. The number of benzene rings is 2. The molecule has 0 spiro atoms. The maximum atomic E-state index is 13.1. The molecule has 10 heteroatoms. The second-order valence-corrected chi connectivity index (χ2v) is 8.42. The van der Waals surface area contributed by atoms with Crippen LogP contribution in [0.15, 0.2) is 48.5 Å². The number of hydrogen-bond acceptors (Lipinski definition) is 6. The quantitative estimate of drug-likeness (QED) is 0.513. The van der Waals surface area contributed by atoms with Gasteiger partial charge in [0.25, 0.3) is 0 Å². The first-order chi connectivity index (χ1) is 16.8. The number of rotatable bonds is 7. The number of carboxylic acids is 1. The second-order valence-electron chi connectivity index (χ2n) is 8.42. The minimum Gasteiger partial charge on any atom is -0.481 e. The van der Waals surface area contributed by atoms with Gasteiger partial charge in [0, 0.05) is 5.92 Å². The first-order valence-electron chi connectivity index (χ1n) is 11.3. The maximum absolute atomic E-state index is 13.1. The van der Waals surface area contributed by atoms with Gasteiger partial charge in [0.1, 0.15) is 25.2 Å². The Kier molecular flexibility index (Phi) is 6.81. The summed E-state index contributed by atoms with van der Waals surface area (Å²) < 4.78 is 5.42. The molecule has 2 atom stereocenters. The number of aliphatic carboxylic acids is 1. The van der Waals surface area contributed by atoms with Crippen molar-refractivity contribution < 1.29 is 33.8 Å². The SMILES string of the molecule is CCC1C(=O)NC(=O)CN1C(=O)C(CC(=O)O)NC(=O)OCC1c2ccccc2-c2ccccc21. The van der Waals surface area contributed by atoms with E-state index in [0.29, 0.717) is 0 Å². The fraction of sp³-hybridized carbons (Fsp3) is 0.320. The third kappa shape index (κ3) is 4.86. The van der Waals surface area contributed by atoms with Crippen LogP contribution >= 0.6 is 0 Å². The largest absolute Gasteiger partial charge is 0.481 e. The number of ether oxygens (including phenoxy) is 1. The fourth-order valence-electron chi connectivity index (χ4n) is 4.66. The van der Waals surface area contributed by atoms with Crippen LogP contribution in [0.4, 0.5) is 4.79 Å². The summed E-state index contributed by atoms with van der Waals surface area (Å²) in [6, 6.07) is 13.1. The van der Waals surface area contributed by atoms with Crippen LogP contribution in [0.1, 0.15) is 36.8 Å². The third-order valence-corrected chi connectivity index (χ3v) is 6.24. The number of fused-ring (bicyclic) bond motifs is 3. The van der Waals surface area contributed by atoms with Gasteiger partial charge >= 0.3 is 12.1 Å². The lowest BCUT2D eigenvalue weighted by molar-refractivity contribution is -0.152. The molecule has 35 heavy (non-hydrogen) atoms. The number of imide groups is 1. The number of amides is 4. The number of nitrogens with zero attached hydrogens (tertiary/aromatic N) is 1. The highest BCUT2D eigenvalue weighted by Crippen LogP contribution is 2.44. The van der Waals surface area contributed by atoms with E-state index >= 15 is 0 Å². The van der Waals surface area contributed by atoms with Crippen LogP contribution in [-0.2, 0) is 23.9 Å². The standard InChI is InChI=1S/C25H25N3O7/c1-2-20-23(32)27-21(29)12-28(20)24(33)19(11-22(30)31)26-25(34)35-13-18-16-9-5-3-7-14(16)15-8-4-6-10-17(15)18/h3-10,18-20H,2,11-13H2,1H3,(H,26,34)(H,30,31)(H,27,29,32). The number of alkyl carbamates (subject to hydrolysis) is 1. The zero-order valence-corrected chi connectivity index (χ0v) is 19.0. The molecule has 10 nitrogen and oxygen atoms in total. The Bertz CT molecular complexity index is 1150. The van der Waals surface area contributed by atoms with E-state index < -0.39 is 54.8 Å². The lowest BCUT2D eigenvalue weighted by Gasteiger charge is -2.35. The molecule has 1 fully saturated rings. The van der Waals surface area contributed by atoms with E-state index in [2.05, 4.69) is 10.6 Å². The first-order valence-corrected chi connectivity index (χ1v) is 11.3. The number of carboxylic acid groups (broad SMARTS) is 1. The highest BCUT2D eigenvalue weighted by atomic mass is 16.5. The molecule has 3 N–H and O–H groups in total. The molecule has 2 unspecified atom stereocenters. The van der Waals surface area contributed by atoms with E-state index in [1.807, 2.05) is 48.5 Å². The summed E-state index contributed by atoms with van der Waals surface area (Å²) in [6.07, 6.45) is -1.48. The predicted molar refractivity (Wildman–Crippen MR) is 123 cm³/mol. The van der Waals surface area contributed by atoms with Gasteiger partial charge in [-0.25, -0.2) is 4.79 Å².